The van der Waals surface area contributed by atoms with E-state index in [1.165, 1.54) is 6.07 Å². The number of halogens is 1. The van der Waals surface area contributed by atoms with Crippen molar-refractivity contribution in [1.82, 2.24) is 19.8 Å². The van der Waals surface area contributed by atoms with Crippen molar-refractivity contribution >= 4 is 11.8 Å². The first-order valence-corrected chi connectivity index (χ1v) is 10.1. The number of nitrogens with zero attached hydrogens (tertiary/aromatic N) is 5. The molecule has 0 saturated carbocycles. The fourth-order valence-electron chi connectivity index (χ4n) is 3.55. The molecule has 0 unspecified atom stereocenters. The summed E-state index contributed by atoms with van der Waals surface area (Å²) in [6.45, 7) is 8.77. The number of carbonyl (C=O) groups is 1. The van der Waals surface area contributed by atoms with Gasteiger partial charge in [-0.15, -0.1) is 0 Å². The fraction of sp³-hybridized carbons (Fsp3) is 0.500. The maximum absolute atomic E-state index is 14.3. The van der Waals surface area contributed by atoms with Crippen LogP contribution in [0.2, 0.25) is 0 Å². The summed E-state index contributed by atoms with van der Waals surface area (Å²) in [5.74, 6) is 1.64. The summed E-state index contributed by atoms with van der Waals surface area (Å²) < 4.78 is 14.3. The van der Waals surface area contributed by atoms with E-state index in [9.17, 15) is 9.18 Å². The van der Waals surface area contributed by atoms with Crippen molar-refractivity contribution < 1.29 is 9.18 Å². The lowest BCUT2D eigenvalue weighted by Crippen LogP contribution is -2.52. The zero-order valence-electron chi connectivity index (χ0n) is 17.9. The van der Waals surface area contributed by atoms with E-state index in [0.717, 1.165) is 22.9 Å². The summed E-state index contributed by atoms with van der Waals surface area (Å²) in [4.78, 5) is 27.5. The van der Waals surface area contributed by atoms with Gasteiger partial charge < -0.3 is 14.7 Å². The second-order valence-electron chi connectivity index (χ2n) is 8.04. The van der Waals surface area contributed by atoms with E-state index in [1.807, 2.05) is 24.0 Å². The van der Waals surface area contributed by atoms with Gasteiger partial charge in [0.2, 0.25) is 0 Å². The molecular formula is C22H30FN5O. The van der Waals surface area contributed by atoms with Gasteiger partial charge in [0.1, 0.15) is 17.5 Å². The van der Waals surface area contributed by atoms with E-state index in [1.54, 1.807) is 25.1 Å². The Labute approximate surface area is 172 Å². The van der Waals surface area contributed by atoms with Crippen molar-refractivity contribution in [3.05, 3.63) is 52.7 Å². The van der Waals surface area contributed by atoms with Gasteiger partial charge in [-0.05, 0) is 18.6 Å². The van der Waals surface area contributed by atoms with Crippen LogP contribution in [-0.4, -0.2) is 66.1 Å². The predicted molar refractivity (Wildman–Crippen MR) is 113 cm³/mol. The Kier molecular flexibility index (Phi) is 6.35. The third-order valence-electron chi connectivity index (χ3n) is 5.28. The smallest absolute Gasteiger partial charge is 0.319 e. The quantitative estimate of drug-likeness (QED) is 0.790. The van der Waals surface area contributed by atoms with Gasteiger partial charge in [0.15, 0.2) is 0 Å². The Balaban J connectivity index is 1.92. The monoisotopic (exact) mass is 399 g/mol. The fourth-order valence-corrected chi connectivity index (χ4v) is 3.55. The maximum Gasteiger partial charge on any atom is 0.319 e. The summed E-state index contributed by atoms with van der Waals surface area (Å²) in [6, 6.07) is 6.87. The lowest BCUT2D eigenvalue weighted by Gasteiger charge is -2.37. The molecule has 2 aromatic rings. The van der Waals surface area contributed by atoms with Crippen LogP contribution in [0.15, 0.2) is 24.3 Å². The molecule has 3 rings (SSSR count). The molecule has 1 aliphatic rings. The summed E-state index contributed by atoms with van der Waals surface area (Å²) in [6.07, 6.45) is 0.447. The van der Waals surface area contributed by atoms with Crippen LogP contribution in [0.5, 0.6) is 0 Å². The minimum Gasteiger partial charge on any atom is -0.353 e. The van der Waals surface area contributed by atoms with Gasteiger partial charge in [0.25, 0.3) is 0 Å². The number of anilines is 1. The molecule has 29 heavy (non-hydrogen) atoms. The first kappa shape index (κ1) is 21.0. The van der Waals surface area contributed by atoms with Crippen LogP contribution in [0.1, 0.15) is 42.4 Å². The molecular weight excluding hydrogens is 369 g/mol. The van der Waals surface area contributed by atoms with Crippen molar-refractivity contribution in [2.75, 3.05) is 45.2 Å². The zero-order valence-corrected chi connectivity index (χ0v) is 17.9. The second kappa shape index (κ2) is 8.76. The molecule has 6 nitrogen and oxygen atoms in total. The molecule has 0 bridgehead atoms. The lowest BCUT2D eigenvalue weighted by molar-refractivity contribution is 0.168. The zero-order chi connectivity index (χ0) is 21.1. The number of urea groups is 1. The van der Waals surface area contributed by atoms with Gasteiger partial charge in [-0.3, -0.25) is 0 Å². The van der Waals surface area contributed by atoms with E-state index in [2.05, 4.69) is 23.7 Å². The number of hydrogen-bond acceptors (Lipinski definition) is 4. The molecule has 2 amide bonds. The first-order valence-electron chi connectivity index (χ1n) is 10.1. The minimum atomic E-state index is -0.216. The van der Waals surface area contributed by atoms with Crippen LogP contribution in [0, 0.1) is 12.7 Å². The number of aromatic nitrogens is 2. The summed E-state index contributed by atoms with van der Waals surface area (Å²) in [7, 11) is 3.54. The van der Waals surface area contributed by atoms with Crippen molar-refractivity contribution in [1.29, 1.82) is 0 Å². The number of rotatable bonds is 4. The molecule has 1 aromatic carbocycles. The molecule has 0 radical (unpaired) electrons. The van der Waals surface area contributed by atoms with Crippen LogP contribution in [0.4, 0.5) is 15.0 Å². The molecule has 7 heteroatoms. The van der Waals surface area contributed by atoms with Gasteiger partial charge in [0.05, 0.1) is 0 Å². The number of piperazine rings is 1. The number of hydrogen-bond donors (Lipinski definition) is 0. The Morgan fingerprint density at radius 2 is 1.79 bits per heavy atom. The average Bonchev–Trinajstić information content (AvgIpc) is 2.70. The third kappa shape index (κ3) is 4.66. The highest BCUT2D eigenvalue weighted by Crippen LogP contribution is 2.27. The number of carbonyl (C=O) groups excluding carboxylic acids is 1. The number of amides is 2. The van der Waals surface area contributed by atoms with E-state index >= 15 is 0 Å². The van der Waals surface area contributed by atoms with Gasteiger partial charge in [-0.2, -0.15) is 0 Å². The maximum atomic E-state index is 14.3. The van der Waals surface area contributed by atoms with Crippen molar-refractivity contribution in [2.45, 2.75) is 33.1 Å². The molecule has 1 aromatic heterocycles. The molecule has 156 valence electrons. The van der Waals surface area contributed by atoms with Gasteiger partial charge in [-0.25, -0.2) is 19.2 Å². The Morgan fingerprint density at radius 3 is 2.38 bits per heavy atom. The van der Waals surface area contributed by atoms with Crippen LogP contribution in [-0.2, 0) is 6.42 Å². The highest BCUT2D eigenvalue weighted by Gasteiger charge is 2.26. The van der Waals surface area contributed by atoms with Crippen LogP contribution < -0.4 is 4.90 Å². The summed E-state index contributed by atoms with van der Waals surface area (Å²) in [5, 5.41) is 0. The van der Waals surface area contributed by atoms with E-state index < -0.39 is 0 Å². The lowest BCUT2D eigenvalue weighted by atomic mass is 10.0. The van der Waals surface area contributed by atoms with E-state index in [4.69, 9.17) is 4.98 Å². The van der Waals surface area contributed by atoms with Crippen molar-refractivity contribution in [3.63, 3.8) is 0 Å². The highest BCUT2D eigenvalue weighted by molar-refractivity contribution is 5.74. The number of aryl methyl sites for hydroxylation is 1. The highest BCUT2D eigenvalue weighted by atomic mass is 19.1. The predicted octanol–water partition coefficient (Wildman–Crippen LogP) is 3.44. The van der Waals surface area contributed by atoms with Crippen molar-refractivity contribution in [3.8, 4) is 0 Å². The normalized spacial score (nSPS) is 14.4. The Bertz CT molecular complexity index is 876. The van der Waals surface area contributed by atoms with Crippen molar-refractivity contribution in [2.24, 2.45) is 0 Å². The summed E-state index contributed by atoms with van der Waals surface area (Å²) >= 11 is 0. The number of benzene rings is 1. The molecule has 1 aliphatic heterocycles. The largest absolute Gasteiger partial charge is 0.353 e. The topological polar surface area (TPSA) is 52.6 Å². The molecule has 0 aliphatic carbocycles. The first-order chi connectivity index (χ1) is 13.8. The van der Waals surface area contributed by atoms with Crippen LogP contribution >= 0.6 is 0 Å². The Hall–Kier alpha value is -2.70. The van der Waals surface area contributed by atoms with Crippen LogP contribution in [0.3, 0.4) is 0 Å². The Morgan fingerprint density at radius 1 is 1.14 bits per heavy atom. The molecule has 0 atom stereocenters. The van der Waals surface area contributed by atoms with Gasteiger partial charge >= 0.3 is 6.03 Å². The summed E-state index contributed by atoms with van der Waals surface area (Å²) in [5.41, 5.74) is 2.47. The molecule has 1 fully saturated rings. The molecule has 1 saturated heterocycles. The second-order valence-corrected chi connectivity index (χ2v) is 8.04. The van der Waals surface area contributed by atoms with Gasteiger partial charge in [0, 0.05) is 63.9 Å². The van der Waals surface area contributed by atoms with E-state index in [0.29, 0.717) is 38.2 Å². The average molecular weight is 400 g/mol. The molecule has 0 N–H and O–H groups in total. The standard InChI is InChI=1S/C22H30FN5O/c1-15(2)20-24-16(3)18(14-17-8-6-7-9-19(17)23)21(25-20)27-10-12-28(13-11-27)22(29)26(4)5/h6-9,15H,10-14H2,1-5H3. The van der Waals surface area contributed by atoms with Gasteiger partial charge in [-0.1, -0.05) is 32.0 Å². The molecule has 2 heterocycles. The minimum absolute atomic E-state index is 0.0259. The van der Waals surface area contributed by atoms with E-state index in [-0.39, 0.29) is 17.8 Å². The van der Waals surface area contributed by atoms with Crippen LogP contribution in [0.25, 0.3) is 0 Å². The SMILES string of the molecule is Cc1nc(C(C)C)nc(N2CCN(C(=O)N(C)C)CC2)c1Cc1ccccc1F. The third-order valence-corrected chi connectivity index (χ3v) is 5.28. The molecule has 0 spiro atoms.